The fraction of sp³-hybridized carbons (Fsp3) is 0.692. The molecule has 1 rings (SSSR count). The standard InChI is InChI=1S/C13H23N3O/c1-5-7-14-12-8-11(9-17-4)15-13(16-12)10(3)6-2/h8,10H,5-7,9H2,1-4H3,(H,14,15,16). The number of methoxy groups -OCH3 is 1. The highest BCUT2D eigenvalue weighted by Crippen LogP contribution is 2.17. The van der Waals surface area contributed by atoms with Gasteiger partial charge in [-0.15, -0.1) is 0 Å². The summed E-state index contributed by atoms with van der Waals surface area (Å²) < 4.78 is 5.14. The maximum Gasteiger partial charge on any atom is 0.133 e. The van der Waals surface area contributed by atoms with Crippen LogP contribution in [0.3, 0.4) is 0 Å². The Morgan fingerprint density at radius 2 is 2.12 bits per heavy atom. The Hall–Kier alpha value is -1.16. The maximum absolute atomic E-state index is 5.14. The van der Waals surface area contributed by atoms with Crippen molar-refractivity contribution < 1.29 is 4.74 Å². The normalized spacial score (nSPS) is 12.5. The van der Waals surface area contributed by atoms with E-state index in [-0.39, 0.29) is 0 Å². The summed E-state index contributed by atoms with van der Waals surface area (Å²) in [5.74, 6) is 2.19. The molecule has 0 fully saturated rings. The number of ether oxygens (including phenoxy) is 1. The summed E-state index contributed by atoms with van der Waals surface area (Å²) in [6.45, 7) is 7.90. The minimum Gasteiger partial charge on any atom is -0.378 e. The highest BCUT2D eigenvalue weighted by molar-refractivity contribution is 5.36. The zero-order valence-corrected chi connectivity index (χ0v) is 11.3. The van der Waals surface area contributed by atoms with Gasteiger partial charge >= 0.3 is 0 Å². The molecule has 96 valence electrons. The van der Waals surface area contributed by atoms with Gasteiger partial charge in [0.1, 0.15) is 11.6 Å². The summed E-state index contributed by atoms with van der Waals surface area (Å²) in [5.41, 5.74) is 0.941. The van der Waals surface area contributed by atoms with E-state index >= 15 is 0 Å². The van der Waals surface area contributed by atoms with Gasteiger partial charge in [-0.1, -0.05) is 20.8 Å². The molecule has 1 N–H and O–H groups in total. The largest absolute Gasteiger partial charge is 0.378 e. The number of hydrogen-bond acceptors (Lipinski definition) is 4. The van der Waals surface area contributed by atoms with Crippen LogP contribution in [-0.4, -0.2) is 23.6 Å². The molecule has 4 nitrogen and oxygen atoms in total. The summed E-state index contributed by atoms with van der Waals surface area (Å²) in [7, 11) is 1.68. The van der Waals surface area contributed by atoms with Gasteiger partial charge in [0.25, 0.3) is 0 Å². The molecule has 0 spiro atoms. The fourth-order valence-electron chi connectivity index (χ4n) is 1.49. The number of hydrogen-bond donors (Lipinski definition) is 1. The van der Waals surface area contributed by atoms with Gasteiger partial charge in [-0.3, -0.25) is 0 Å². The molecule has 0 aromatic carbocycles. The topological polar surface area (TPSA) is 47.0 Å². The molecule has 0 saturated carbocycles. The number of anilines is 1. The number of nitrogens with one attached hydrogen (secondary N) is 1. The first kappa shape index (κ1) is 13.9. The molecule has 0 bridgehead atoms. The van der Waals surface area contributed by atoms with Crippen molar-refractivity contribution in [3.8, 4) is 0 Å². The number of rotatable bonds is 7. The summed E-state index contributed by atoms with van der Waals surface area (Å²) in [4.78, 5) is 9.07. The summed E-state index contributed by atoms with van der Waals surface area (Å²) in [6.07, 6.45) is 2.13. The number of aromatic nitrogens is 2. The Balaban J connectivity index is 2.91. The zero-order chi connectivity index (χ0) is 12.7. The SMILES string of the molecule is CCCNc1cc(COC)nc(C(C)CC)n1. The van der Waals surface area contributed by atoms with Gasteiger partial charge in [0, 0.05) is 25.6 Å². The fourth-order valence-corrected chi connectivity index (χ4v) is 1.49. The Kier molecular flexibility index (Phi) is 5.91. The van der Waals surface area contributed by atoms with Crippen LogP contribution in [0.25, 0.3) is 0 Å². The molecule has 0 aliphatic heterocycles. The molecule has 0 aliphatic carbocycles. The third-order valence-corrected chi connectivity index (χ3v) is 2.70. The predicted molar refractivity (Wildman–Crippen MR) is 70.2 cm³/mol. The van der Waals surface area contributed by atoms with Crippen molar-refractivity contribution in [3.63, 3.8) is 0 Å². The van der Waals surface area contributed by atoms with Crippen molar-refractivity contribution in [3.05, 3.63) is 17.6 Å². The van der Waals surface area contributed by atoms with Crippen molar-refractivity contribution in [2.75, 3.05) is 19.0 Å². The van der Waals surface area contributed by atoms with Gasteiger partial charge in [-0.25, -0.2) is 9.97 Å². The predicted octanol–water partition coefficient (Wildman–Crippen LogP) is 2.96. The van der Waals surface area contributed by atoms with E-state index in [9.17, 15) is 0 Å². The van der Waals surface area contributed by atoms with E-state index in [4.69, 9.17) is 4.74 Å². The molecule has 1 aromatic rings. The van der Waals surface area contributed by atoms with Crippen molar-refractivity contribution in [2.45, 2.75) is 46.1 Å². The van der Waals surface area contributed by atoms with Crippen LogP contribution in [0.2, 0.25) is 0 Å². The van der Waals surface area contributed by atoms with E-state index in [1.807, 2.05) is 6.07 Å². The van der Waals surface area contributed by atoms with Gasteiger partial charge in [-0.2, -0.15) is 0 Å². The van der Waals surface area contributed by atoms with Gasteiger partial charge in [0.05, 0.1) is 12.3 Å². The molecular formula is C13H23N3O. The molecule has 17 heavy (non-hydrogen) atoms. The van der Waals surface area contributed by atoms with Gasteiger partial charge in [-0.05, 0) is 12.8 Å². The molecule has 1 atom stereocenters. The summed E-state index contributed by atoms with van der Waals surface area (Å²) in [6, 6.07) is 1.96. The second-order valence-corrected chi connectivity index (χ2v) is 4.27. The molecule has 1 heterocycles. The van der Waals surface area contributed by atoms with Crippen LogP contribution in [0, 0.1) is 0 Å². The first-order valence-electron chi connectivity index (χ1n) is 6.31. The van der Waals surface area contributed by atoms with E-state index in [2.05, 4.69) is 36.1 Å². The monoisotopic (exact) mass is 237 g/mol. The smallest absolute Gasteiger partial charge is 0.133 e. The van der Waals surface area contributed by atoms with Crippen molar-refractivity contribution in [1.29, 1.82) is 0 Å². The van der Waals surface area contributed by atoms with Gasteiger partial charge in [0.15, 0.2) is 0 Å². The molecule has 0 aliphatic rings. The third kappa shape index (κ3) is 4.30. The highest BCUT2D eigenvalue weighted by atomic mass is 16.5. The van der Waals surface area contributed by atoms with Crippen molar-refractivity contribution >= 4 is 5.82 Å². The van der Waals surface area contributed by atoms with E-state index < -0.39 is 0 Å². The summed E-state index contributed by atoms with van der Waals surface area (Å²) in [5, 5.41) is 3.31. The molecule has 0 amide bonds. The third-order valence-electron chi connectivity index (χ3n) is 2.70. The van der Waals surface area contributed by atoms with Crippen molar-refractivity contribution in [2.24, 2.45) is 0 Å². The quantitative estimate of drug-likeness (QED) is 0.792. The molecular weight excluding hydrogens is 214 g/mol. The van der Waals surface area contributed by atoms with Crippen LogP contribution in [0.15, 0.2) is 6.07 Å². The average Bonchev–Trinajstić information content (AvgIpc) is 2.35. The minimum absolute atomic E-state index is 0.383. The second kappa shape index (κ2) is 7.22. The van der Waals surface area contributed by atoms with Crippen molar-refractivity contribution in [1.82, 2.24) is 9.97 Å². The summed E-state index contributed by atoms with van der Waals surface area (Å²) >= 11 is 0. The Morgan fingerprint density at radius 1 is 1.35 bits per heavy atom. The Bertz CT molecular complexity index is 341. The van der Waals surface area contributed by atoms with E-state index in [0.29, 0.717) is 12.5 Å². The minimum atomic E-state index is 0.383. The first-order chi connectivity index (χ1) is 8.21. The molecule has 0 radical (unpaired) electrons. The lowest BCUT2D eigenvalue weighted by Crippen LogP contribution is -2.09. The van der Waals surface area contributed by atoms with Gasteiger partial charge < -0.3 is 10.1 Å². The van der Waals surface area contributed by atoms with Crippen LogP contribution in [0.4, 0.5) is 5.82 Å². The number of nitrogens with zero attached hydrogens (tertiary/aromatic N) is 2. The Labute approximate surface area is 104 Å². The van der Waals surface area contributed by atoms with E-state index in [0.717, 1.165) is 36.7 Å². The second-order valence-electron chi connectivity index (χ2n) is 4.27. The average molecular weight is 237 g/mol. The molecule has 1 unspecified atom stereocenters. The van der Waals surface area contributed by atoms with Crippen LogP contribution >= 0.6 is 0 Å². The van der Waals surface area contributed by atoms with E-state index in [1.165, 1.54) is 0 Å². The van der Waals surface area contributed by atoms with Crippen LogP contribution in [-0.2, 0) is 11.3 Å². The molecule has 4 heteroatoms. The van der Waals surface area contributed by atoms with Crippen LogP contribution < -0.4 is 5.32 Å². The zero-order valence-electron chi connectivity index (χ0n) is 11.3. The maximum atomic E-state index is 5.14. The van der Waals surface area contributed by atoms with Gasteiger partial charge in [0.2, 0.25) is 0 Å². The Morgan fingerprint density at radius 3 is 2.71 bits per heavy atom. The lowest BCUT2D eigenvalue weighted by Gasteiger charge is -2.12. The molecule has 0 saturated heterocycles. The lowest BCUT2D eigenvalue weighted by molar-refractivity contribution is 0.181. The first-order valence-corrected chi connectivity index (χ1v) is 6.31. The highest BCUT2D eigenvalue weighted by Gasteiger charge is 2.10. The van der Waals surface area contributed by atoms with Crippen LogP contribution in [0.1, 0.15) is 51.0 Å². The van der Waals surface area contributed by atoms with E-state index in [1.54, 1.807) is 7.11 Å². The lowest BCUT2D eigenvalue weighted by atomic mass is 10.1. The molecule has 1 aromatic heterocycles. The van der Waals surface area contributed by atoms with Crippen LogP contribution in [0.5, 0.6) is 0 Å².